The Hall–Kier alpha value is -4.00. The van der Waals surface area contributed by atoms with Crippen molar-refractivity contribution in [3.8, 4) is 39.3 Å². The lowest BCUT2D eigenvalue weighted by Crippen LogP contribution is -2.22. The Morgan fingerprint density at radius 2 is 1.47 bits per heavy atom. The van der Waals surface area contributed by atoms with Gasteiger partial charge >= 0.3 is 6.18 Å². The number of halogens is 3. The zero-order chi connectivity index (χ0) is 24.3. The lowest BCUT2D eigenvalue weighted by atomic mass is 9.93. The number of alkyl halides is 3. The second-order valence-electron chi connectivity index (χ2n) is 7.75. The Morgan fingerprint density at radius 1 is 0.853 bits per heavy atom. The fourth-order valence-corrected chi connectivity index (χ4v) is 3.70. The number of hydrogen-bond donors (Lipinski definition) is 1. The SMILES string of the molecule is CCCOc1ccc(-c2cc(-c3ccccc3)c(-c3ccc(C(F)(F)F)cc3)c(=O)n2O)cc1. The van der Waals surface area contributed by atoms with Gasteiger partial charge < -0.3 is 9.94 Å². The lowest BCUT2D eigenvalue weighted by molar-refractivity contribution is -0.137. The molecule has 4 nitrogen and oxygen atoms in total. The Morgan fingerprint density at radius 3 is 2.06 bits per heavy atom. The predicted octanol–water partition coefficient (Wildman–Crippen LogP) is 6.89. The van der Waals surface area contributed by atoms with Gasteiger partial charge in [-0.25, -0.2) is 0 Å². The summed E-state index contributed by atoms with van der Waals surface area (Å²) in [4.78, 5) is 13.3. The Balaban J connectivity index is 1.88. The molecule has 34 heavy (non-hydrogen) atoms. The molecule has 0 saturated heterocycles. The highest BCUT2D eigenvalue weighted by Gasteiger charge is 2.30. The molecule has 0 spiro atoms. The van der Waals surface area contributed by atoms with Crippen LogP contribution in [-0.4, -0.2) is 16.5 Å². The van der Waals surface area contributed by atoms with Crippen molar-refractivity contribution >= 4 is 0 Å². The number of hydrogen-bond acceptors (Lipinski definition) is 3. The van der Waals surface area contributed by atoms with Gasteiger partial charge in [-0.2, -0.15) is 13.2 Å². The summed E-state index contributed by atoms with van der Waals surface area (Å²) in [6, 6.07) is 22.0. The molecule has 4 aromatic rings. The molecule has 0 unspecified atom stereocenters. The van der Waals surface area contributed by atoms with Crippen LogP contribution in [0.5, 0.6) is 5.75 Å². The second-order valence-corrected chi connectivity index (χ2v) is 7.75. The third-order valence-corrected chi connectivity index (χ3v) is 5.39. The zero-order valence-corrected chi connectivity index (χ0v) is 18.3. The van der Waals surface area contributed by atoms with Gasteiger partial charge in [0.1, 0.15) is 5.75 Å². The van der Waals surface area contributed by atoms with Gasteiger partial charge in [-0.3, -0.25) is 4.79 Å². The van der Waals surface area contributed by atoms with Crippen molar-refractivity contribution in [3.63, 3.8) is 0 Å². The number of ether oxygens (including phenoxy) is 1. The monoisotopic (exact) mass is 465 g/mol. The van der Waals surface area contributed by atoms with Crippen molar-refractivity contribution in [2.75, 3.05) is 6.61 Å². The maximum Gasteiger partial charge on any atom is 0.416 e. The molecule has 7 heteroatoms. The van der Waals surface area contributed by atoms with E-state index in [-0.39, 0.29) is 16.8 Å². The van der Waals surface area contributed by atoms with Crippen molar-refractivity contribution in [3.05, 3.63) is 101 Å². The fourth-order valence-electron chi connectivity index (χ4n) is 3.70. The van der Waals surface area contributed by atoms with E-state index >= 15 is 0 Å². The van der Waals surface area contributed by atoms with Gasteiger partial charge in [-0.05, 0) is 65.6 Å². The molecule has 1 heterocycles. The molecule has 1 aromatic heterocycles. The first-order valence-electron chi connectivity index (χ1n) is 10.7. The van der Waals surface area contributed by atoms with Crippen LogP contribution in [0.25, 0.3) is 33.5 Å². The Labute approximate surface area is 194 Å². The van der Waals surface area contributed by atoms with Crippen LogP contribution in [-0.2, 0) is 6.18 Å². The van der Waals surface area contributed by atoms with Gasteiger partial charge in [0.25, 0.3) is 5.56 Å². The standard InChI is InChI=1S/C27H22F3NO3/c1-2-16-34-22-14-10-19(11-15-22)24-17-23(18-6-4-3-5-7-18)25(26(32)31(24)33)20-8-12-21(13-9-20)27(28,29)30/h3-15,17,33H,2,16H2,1H3. The van der Waals surface area contributed by atoms with E-state index in [1.54, 1.807) is 54.6 Å². The van der Waals surface area contributed by atoms with Crippen LogP contribution in [0.1, 0.15) is 18.9 Å². The fraction of sp³-hybridized carbons (Fsp3) is 0.148. The maximum absolute atomic E-state index is 13.3. The smallest absolute Gasteiger partial charge is 0.416 e. The summed E-state index contributed by atoms with van der Waals surface area (Å²) in [5.74, 6) is 0.669. The molecule has 0 radical (unpaired) electrons. The van der Waals surface area contributed by atoms with Gasteiger partial charge in [0, 0.05) is 5.56 Å². The van der Waals surface area contributed by atoms with Crippen LogP contribution >= 0.6 is 0 Å². The molecule has 0 atom stereocenters. The van der Waals surface area contributed by atoms with Crippen molar-refractivity contribution in [1.29, 1.82) is 0 Å². The predicted molar refractivity (Wildman–Crippen MR) is 125 cm³/mol. The van der Waals surface area contributed by atoms with Gasteiger partial charge in [-0.15, -0.1) is 4.73 Å². The van der Waals surface area contributed by atoms with Gasteiger partial charge in [0.05, 0.1) is 23.4 Å². The molecular weight excluding hydrogens is 443 g/mol. The molecule has 0 fully saturated rings. The van der Waals surface area contributed by atoms with E-state index in [1.807, 2.05) is 13.0 Å². The van der Waals surface area contributed by atoms with E-state index in [1.165, 1.54) is 12.1 Å². The first-order chi connectivity index (χ1) is 16.3. The summed E-state index contributed by atoms with van der Waals surface area (Å²) in [5.41, 5.74) is 0.854. The van der Waals surface area contributed by atoms with E-state index in [2.05, 4.69) is 0 Å². The van der Waals surface area contributed by atoms with Crippen LogP contribution in [0.2, 0.25) is 0 Å². The van der Waals surface area contributed by atoms with Gasteiger partial charge in [-0.1, -0.05) is 49.4 Å². The highest BCUT2D eigenvalue weighted by molar-refractivity contribution is 5.85. The van der Waals surface area contributed by atoms with Crippen LogP contribution in [0.3, 0.4) is 0 Å². The number of rotatable bonds is 6. The topological polar surface area (TPSA) is 51.5 Å². The van der Waals surface area contributed by atoms with E-state index in [0.717, 1.165) is 18.6 Å². The molecule has 4 rings (SSSR count). The minimum atomic E-state index is -4.49. The van der Waals surface area contributed by atoms with Crippen molar-refractivity contribution in [1.82, 2.24) is 4.73 Å². The third kappa shape index (κ3) is 4.69. The summed E-state index contributed by atoms with van der Waals surface area (Å²) in [6.07, 6.45) is -3.63. The number of aromatic nitrogens is 1. The average Bonchev–Trinajstić information content (AvgIpc) is 2.85. The summed E-state index contributed by atoms with van der Waals surface area (Å²) >= 11 is 0. The van der Waals surface area contributed by atoms with Crippen LogP contribution in [0, 0.1) is 0 Å². The first-order valence-corrected chi connectivity index (χ1v) is 10.7. The summed E-state index contributed by atoms with van der Waals surface area (Å²) in [6.45, 7) is 2.58. The molecule has 0 aliphatic carbocycles. The Kier molecular flexibility index (Phi) is 6.45. The third-order valence-electron chi connectivity index (χ3n) is 5.39. The summed E-state index contributed by atoms with van der Waals surface area (Å²) in [5, 5.41) is 10.8. The molecule has 0 saturated carbocycles. The number of benzene rings is 3. The molecule has 0 amide bonds. The van der Waals surface area contributed by atoms with E-state index in [4.69, 9.17) is 4.74 Å². The maximum atomic E-state index is 13.3. The first kappa shape index (κ1) is 23.2. The molecule has 3 aromatic carbocycles. The van der Waals surface area contributed by atoms with E-state index in [9.17, 15) is 23.2 Å². The van der Waals surface area contributed by atoms with Crippen molar-refractivity contribution in [2.45, 2.75) is 19.5 Å². The number of pyridine rings is 1. The normalized spacial score (nSPS) is 11.4. The van der Waals surface area contributed by atoms with Gasteiger partial charge in [0.15, 0.2) is 0 Å². The Bertz CT molecular complexity index is 1330. The molecule has 174 valence electrons. The molecular formula is C27H22F3NO3. The van der Waals surface area contributed by atoms with Crippen LogP contribution in [0.4, 0.5) is 13.2 Å². The highest BCUT2D eigenvalue weighted by Crippen LogP contribution is 2.35. The zero-order valence-electron chi connectivity index (χ0n) is 18.3. The summed E-state index contributed by atoms with van der Waals surface area (Å²) < 4.78 is 45.2. The number of nitrogens with zero attached hydrogens (tertiary/aromatic N) is 1. The van der Waals surface area contributed by atoms with Gasteiger partial charge in [0.2, 0.25) is 0 Å². The van der Waals surface area contributed by atoms with Crippen molar-refractivity contribution < 1.29 is 23.1 Å². The second kappa shape index (κ2) is 9.47. The molecule has 0 bridgehead atoms. The minimum absolute atomic E-state index is 0.106. The largest absolute Gasteiger partial charge is 0.494 e. The quantitative estimate of drug-likeness (QED) is 0.315. The highest BCUT2D eigenvalue weighted by atomic mass is 19.4. The van der Waals surface area contributed by atoms with E-state index in [0.29, 0.717) is 33.8 Å². The van der Waals surface area contributed by atoms with Crippen LogP contribution < -0.4 is 10.3 Å². The minimum Gasteiger partial charge on any atom is -0.494 e. The van der Waals surface area contributed by atoms with Crippen LogP contribution in [0.15, 0.2) is 89.7 Å². The molecule has 0 aliphatic heterocycles. The molecule has 1 N–H and O–H groups in total. The van der Waals surface area contributed by atoms with Crippen molar-refractivity contribution in [2.24, 2.45) is 0 Å². The average molecular weight is 465 g/mol. The molecule has 0 aliphatic rings. The van der Waals surface area contributed by atoms with E-state index < -0.39 is 17.3 Å². The lowest BCUT2D eigenvalue weighted by Gasteiger charge is -2.16. The summed E-state index contributed by atoms with van der Waals surface area (Å²) in [7, 11) is 0.